The van der Waals surface area contributed by atoms with Gasteiger partial charge in [0.1, 0.15) is 5.75 Å². The van der Waals surface area contributed by atoms with Crippen molar-refractivity contribution in [3.8, 4) is 5.75 Å². The molecule has 108 valence electrons. The van der Waals surface area contributed by atoms with E-state index in [9.17, 15) is 9.90 Å². The second-order valence-electron chi connectivity index (χ2n) is 5.92. The number of rotatable bonds is 3. The molecule has 1 aliphatic heterocycles. The summed E-state index contributed by atoms with van der Waals surface area (Å²) in [6.45, 7) is 2.21. The Morgan fingerprint density at radius 1 is 1.40 bits per heavy atom. The van der Waals surface area contributed by atoms with Gasteiger partial charge in [0.05, 0.1) is 11.8 Å². The minimum Gasteiger partial charge on any atom is -0.482 e. The molecule has 4 nitrogen and oxygen atoms in total. The van der Waals surface area contributed by atoms with Crippen LogP contribution in [0.3, 0.4) is 0 Å². The van der Waals surface area contributed by atoms with Gasteiger partial charge in [-0.1, -0.05) is 25.8 Å². The SMILES string of the molecule is CCC1(C(O)c2ccc3c(c2)NC(=O)CO3)CCCC1. The van der Waals surface area contributed by atoms with Gasteiger partial charge in [-0.3, -0.25) is 4.79 Å². The Morgan fingerprint density at radius 2 is 2.15 bits per heavy atom. The van der Waals surface area contributed by atoms with Crippen molar-refractivity contribution in [2.45, 2.75) is 45.1 Å². The smallest absolute Gasteiger partial charge is 0.262 e. The number of carbonyl (C=O) groups is 1. The highest BCUT2D eigenvalue weighted by molar-refractivity contribution is 5.95. The van der Waals surface area contributed by atoms with Crippen molar-refractivity contribution >= 4 is 11.6 Å². The molecule has 1 aliphatic carbocycles. The first-order valence-corrected chi connectivity index (χ1v) is 7.39. The van der Waals surface area contributed by atoms with Gasteiger partial charge in [-0.2, -0.15) is 0 Å². The minimum atomic E-state index is -0.473. The van der Waals surface area contributed by atoms with Crippen LogP contribution in [0.25, 0.3) is 0 Å². The number of ether oxygens (including phenoxy) is 1. The molecule has 0 aromatic heterocycles. The van der Waals surface area contributed by atoms with Crippen LogP contribution in [0.1, 0.15) is 50.7 Å². The molecule has 3 rings (SSSR count). The van der Waals surface area contributed by atoms with E-state index in [2.05, 4.69) is 12.2 Å². The van der Waals surface area contributed by atoms with E-state index in [4.69, 9.17) is 4.74 Å². The van der Waals surface area contributed by atoms with Crippen molar-refractivity contribution in [3.63, 3.8) is 0 Å². The molecule has 1 heterocycles. The van der Waals surface area contributed by atoms with Gasteiger partial charge >= 0.3 is 0 Å². The lowest BCUT2D eigenvalue weighted by Crippen LogP contribution is -2.27. The predicted octanol–water partition coefficient (Wildman–Crippen LogP) is 3.02. The van der Waals surface area contributed by atoms with Crippen LogP contribution in [0.5, 0.6) is 5.75 Å². The predicted molar refractivity (Wildman–Crippen MR) is 76.7 cm³/mol. The summed E-state index contributed by atoms with van der Waals surface area (Å²) < 4.78 is 5.35. The van der Waals surface area contributed by atoms with Crippen LogP contribution in [-0.2, 0) is 4.79 Å². The number of hydrogen-bond acceptors (Lipinski definition) is 3. The van der Waals surface area contributed by atoms with Crippen molar-refractivity contribution in [2.75, 3.05) is 11.9 Å². The van der Waals surface area contributed by atoms with E-state index in [1.165, 1.54) is 12.8 Å². The Bertz CT molecular complexity index is 520. The van der Waals surface area contributed by atoms with Gasteiger partial charge in [0.25, 0.3) is 5.91 Å². The zero-order valence-corrected chi connectivity index (χ0v) is 11.8. The Labute approximate surface area is 119 Å². The average Bonchev–Trinajstić information content (AvgIpc) is 2.95. The fourth-order valence-corrected chi connectivity index (χ4v) is 3.52. The topological polar surface area (TPSA) is 58.6 Å². The summed E-state index contributed by atoms with van der Waals surface area (Å²) in [6.07, 6.45) is 5.04. The largest absolute Gasteiger partial charge is 0.482 e. The van der Waals surface area contributed by atoms with Crippen molar-refractivity contribution in [3.05, 3.63) is 23.8 Å². The maximum Gasteiger partial charge on any atom is 0.262 e. The normalized spacial score (nSPS) is 21.8. The molecule has 2 N–H and O–H groups in total. The van der Waals surface area contributed by atoms with Gasteiger partial charge in [-0.15, -0.1) is 0 Å². The molecule has 0 saturated heterocycles. The molecule has 0 bridgehead atoms. The first-order valence-electron chi connectivity index (χ1n) is 7.39. The average molecular weight is 275 g/mol. The van der Waals surface area contributed by atoms with Crippen molar-refractivity contribution < 1.29 is 14.6 Å². The molecule has 0 spiro atoms. The zero-order chi connectivity index (χ0) is 14.2. The first kappa shape index (κ1) is 13.4. The fraction of sp³-hybridized carbons (Fsp3) is 0.562. The van der Waals surface area contributed by atoms with Crippen LogP contribution < -0.4 is 10.1 Å². The summed E-state index contributed by atoms with van der Waals surface area (Å²) in [6, 6.07) is 5.61. The number of carbonyl (C=O) groups excluding carboxylic acids is 1. The molecule has 4 heteroatoms. The van der Waals surface area contributed by atoms with E-state index >= 15 is 0 Å². The van der Waals surface area contributed by atoms with Gasteiger partial charge in [0, 0.05) is 5.41 Å². The van der Waals surface area contributed by atoms with Crippen LogP contribution in [0, 0.1) is 5.41 Å². The quantitative estimate of drug-likeness (QED) is 0.891. The third kappa shape index (κ3) is 2.18. The molecule has 1 aromatic rings. The second-order valence-corrected chi connectivity index (χ2v) is 5.92. The highest BCUT2D eigenvalue weighted by Crippen LogP contribution is 2.50. The summed E-state index contributed by atoms with van der Waals surface area (Å²) in [5.41, 5.74) is 1.54. The third-order valence-corrected chi connectivity index (χ3v) is 4.84. The molecule has 1 saturated carbocycles. The molecular weight excluding hydrogens is 254 g/mol. The van der Waals surface area contributed by atoms with Crippen LogP contribution in [0.4, 0.5) is 5.69 Å². The summed E-state index contributed by atoms with van der Waals surface area (Å²) in [7, 11) is 0. The van der Waals surface area contributed by atoms with Crippen LogP contribution >= 0.6 is 0 Å². The van der Waals surface area contributed by atoms with Gasteiger partial charge < -0.3 is 15.2 Å². The Balaban J connectivity index is 1.90. The lowest BCUT2D eigenvalue weighted by atomic mass is 9.75. The summed E-state index contributed by atoms with van der Waals surface area (Å²) in [5, 5.41) is 13.6. The zero-order valence-electron chi connectivity index (χ0n) is 11.8. The lowest BCUT2D eigenvalue weighted by molar-refractivity contribution is -0.118. The van der Waals surface area contributed by atoms with Crippen LogP contribution in [-0.4, -0.2) is 17.6 Å². The lowest BCUT2D eigenvalue weighted by Gasteiger charge is -2.34. The van der Waals surface area contributed by atoms with E-state index in [-0.39, 0.29) is 17.9 Å². The summed E-state index contributed by atoms with van der Waals surface area (Å²) in [4.78, 5) is 11.4. The second kappa shape index (κ2) is 5.09. The monoisotopic (exact) mass is 275 g/mol. The maximum absolute atomic E-state index is 11.4. The first-order chi connectivity index (χ1) is 9.64. The Kier molecular flexibility index (Phi) is 3.42. The highest BCUT2D eigenvalue weighted by Gasteiger charge is 2.39. The van der Waals surface area contributed by atoms with E-state index in [1.54, 1.807) is 0 Å². The van der Waals surface area contributed by atoms with E-state index in [0.29, 0.717) is 11.4 Å². The molecule has 1 unspecified atom stereocenters. The number of fused-ring (bicyclic) bond motifs is 1. The summed E-state index contributed by atoms with van der Waals surface area (Å²) >= 11 is 0. The van der Waals surface area contributed by atoms with E-state index < -0.39 is 6.10 Å². The minimum absolute atomic E-state index is 0.00618. The number of anilines is 1. The van der Waals surface area contributed by atoms with E-state index in [0.717, 1.165) is 24.8 Å². The van der Waals surface area contributed by atoms with Gasteiger partial charge in [-0.25, -0.2) is 0 Å². The molecule has 20 heavy (non-hydrogen) atoms. The van der Waals surface area contributed by atoms with E-state index in [1.807, 2.05) is 18.2 Å². The Morgan fingerprint density at radius 3 is 2.85 bits per heavy atom. The van der Waals surface area contributed by atoms with Gasteiger partial charge in [0.15, 0.2) is 6.61 Å². The number of hydrogen-bond donors (Lipinski definition) is 2. The number of amides is 1. The highest BCUT2D eigenvalue weighted by atomic mass is 16.5. The van der Waals surface area contributed by atoms with Crippen molar-refractivity contribution in [1.82, 2.24) is 0 Å². The number of benzene rings is 1. The van der Waals surface area contributed by atoms with Gasteiger partial charge in [-0.05, 0) is 37.0 Å². The van der Waals surface area contributed by atoms with Crippen LogP contribution in [0.15, 0.2) is 18.2 Å². The van der Waals surface area contributed by atoms with Crippen LogP contribution in [0.2, 0.25) is 0 Å². The molecule has 1 fully saturated rings. The van der Waals surface area contributed by atoms with Crippen molar-refractivity contribution in [2.24, 2.45) is 5.41 Å². The maximum atomic E-state index is 11.4. The molecule has 0 radical (unpaired) electrons. The van der Waals surface area contributed by atoms with Gasteiger partial charge in [0.2, 0.25) is 0 Å². The molecule has 1 amide bonds. The fourth-order valence-electron chi connectivity index (χ4n) is 3.52. The Hall–Kier alpha value is -1.55. The number of aliphatic hydroxyl groups excluding tert-OH is 1. The number of nitrogens with one attached hydrogen (secondary N) is 1. The third-order valence-electron chi connectivity index (χ3n) is 4.84. The number of aliphatic hydroxyl groups is 1. The molecular formula is C16H21NO3. The molecule has 2 aliphatic rings. The molecule has 1 atom stereocenters. The molecule has 1 aromatic carbocycles. The standard InChI is InChI=1S/C16H21NO3/c1-2-16(7-3-4-8-16)15(19)11-5-6-13-12(9-11)17-14(18)10-20-13/h5-6,9,15,19H,2-4,7-8,10H2,1H3,(H,17,18). The summed E-state index contributed by atoms with van der Waals surface area (Å²) in [5.74, 6) is 0.535. The van der Waals surface area contributed by atoms with Crippen molar-refractivity contribution in [1.29, 1.82) is 0 Å².